The van der Waals surface area contributed by atoms with Crippen LogP contribution in [-0.4, -0.2) is 35.8 Å². The average Bonchev–Trinajstić information content (AvgIpc) is 2.90. The van der Waals surface area contributed by atoms with Crippen LogP contribution < -0.4 is 10.2 Å². The molecule has 1 aliphatic rings. The summed E-state index contributed by atoms with van der Waals surface area (Å²) >= 11 is 0. The molecule has 0 spiro atoms. The highest BCUT2D eigenvalue weighted by Crippen LogP contribution is 2.31. The van der Waals surface area contributed by atoms with Gasteiger partial charge in [0.15, 0.2) is 0 Å². The Morgan fingerprint density at radius 3 is 2.52 bits per heavy atom. The Balaban J connectivity index is 1.86. The largest absolute Gasteiger partial charge is 0.325 e. The van der Waals surface area contributed by atoms with Crippen LogP contribution >= 0.6 is 0 Å². The number of hydrogen-bond acceptors (Lipinski definition) is 4. The maximum absolute atomic E-state index is 14.2. The zero-order chi connectivity index (χ0) is 21.2. The van der Waals surface area contributed by atoms with Gasteiger partial charge in [-0.1, -0.05) is 24.3 Å². The van der Waals surface area contributed by atoms with E-state index in [9.17, 15) is 23.2 Å². The Kier molecular flexibility index (Phi) is 5.28. The number of nitrogens with zero attached hydrogens (tertiary/aromatic N) is 3. The standard InChI is InChI=1S/C20H16F2N4O3/c1-20(15-8-7-13(21)11-16(15)22)18(28)26(19(29)24-20)12-17(27)25(10-9-23)14-5-3-2-4-6-14/h2-8,11H,10,12H2,1H3,(H,24,29). The van der Waals surface area contributed by atoms with Crippen LogP contribution in [0.2, 0.25) is 0 Å². The van der Waals surface area contributed by atoms with Gasteiger partial charge in [0, 0.05) is 17.3 Å². The number of carbonyl (C=O) groups is 3. The van der Waals surface area contributed by atoms with Gasteiger partial charge in [-0.2, -0.15) is 5.26 Å². The van der Waals surface area contributed by atoms with E-state index in [1.54, 1.807) is 30.3 Å². The van der Waals surface area contributed by atoms with Crippen molar-refractivity contribution in [3.05, 3.63) is 65.7 Å². The first-order chi connectivity index (χ1) is 13.8. The van der Waals surface area contributed by atoms with Gasteiger partial charge in [0.25, 0.3) is 5.91 Å². The van der Waals surface area contributed by atoms with Crippen molar-refractivity contribution in [3.63, 3.8) is 0 Å². The van der Waals surface area contributed by atoms with Crippen molar-refractivity contribution in [3.8, 4) is 6.07 Å². The minimum Gasteiger partial charge on any atom is -0.319 e. The molecule has 0 aromatic heterocycles. The second-order valence-corrected chi connectivity index (χ2v) is 6.54. The van der Waals surface area contributed by atoms with Crippen LogP contribution in [0.5, 0.6) is 0 Å². The molecular formula is C20H16F2N4O3. The molecule has 29 heavy (non-hydrogen) atoms. The van der Waals surface area contributed by atoms with E-state index in [-0.39, 0.29) is 12.1 Å². The third-order valence-electron chi connectivity index (χ3n) is 4.64. The number of nitrogens with one attached hydrogen (secondary N) is 1. The number of urea groups is 1. The molecule has 1 saturated heterocycles. The third-order valence-corrected chi connectivity index (χ3v) is 4.64. The highest BCUT2D eigenvalue weighted by molar-refractivity contribution is 6.10. The molecule has 1 atom stereocenters. The summed E-state index contributed by atoms with van der Waals surface area (Å²) in [4.78, 5) is 39.7. The quantitative estimate of drug-likeness (QED) is 0.618. The number of carbonyl (C=O) groups excluding carboxylic acids is 3. The van der Waals surface area contributed by atoms with Crippen LogP contribution in [0.1, 0.15) is 12.5 Å². The molecule has 1 aliphatic heterocycles. The number of imide groups is 1. The highest BCUT2D eigenvalue weighted by Gasteiger charge is 2.51. The number of para-hydroxylation sites is 1. The molecule has 0 aliphatic carbocycles. The summed E-state index contributed by atoms with van der Waals surface area (Å²) in [6.45, 7) is 0.355. The SMILES string of the molecule is CC1(c2ccc(F)cc2F)NC(=O)N(CC(=O)N(CC#N)c2ccccc2)C1=O. The Bertz CT molecular complexity index is 1020. The van der Waals surface area contributed by atoms with Gasteiger partial charge in [-0.3, -0.25) is 19.4 Å². The summed E-state index contributed by atoms with van der Waals surface area (Å²) in [7, 11) is 0. The predicted octanol–water partition coefficient (Wildman–Crippen LogP) is 2.29. The van der Waals surface area contributed by atoms with Crippen LogP contribution in [0.15, 0.2) is 48.5 Å². The van der Waals surface area contributed by atoms with E-state index in [1.165, 1.54) is 6.92 Å². The van der Waals surface area contributed by atoms with Crippen molar-refractivity contribution in [1.29, 1.82) is 5.26 Å². The maximum Gasteiger partial charge on any atom is 0.325 e. The van der Waals surface area contributed by atoms with Crippen LogP contribution in [0, 0.1) is 23.0 Å². The van der Waals surface area contributed by atoms with E-state index in [0.29, 0.717) is 16.7 Å². The molecule has 0 bridgehead atoms. The molecule has 2 aromatic rings. The third kappa shape index (κ3) is 3.65. The molecule has 1 N–H and O–H groups in total. The van der Waals surface area contributed by atoms with Gasteiger partial charge in [-0.25, -0.2) is 13.6 Å². The summed E-state index contributed by atoms with van der Waals surface area (Å²) < 4.78 is 27.4. The fourth-order valence-electron chi connectivity index (χ4n) is 3.14. The van der Waals surface area contributed by atoms with Gasteiger partial charge >= 0.3 is 6.03 Å². The molecule has 1 heterocycles. The highest BCUT2D eigenvalue weighted by atomic mass is 19.1. The summed E-state index contributed by atoms with van der Waals surface area (Å²) in [5, 5.41) is 11.4. The zero-order valence-corrected chi connectivity index (χ0v) is 15.4. The molecule has 0 saturated carbocycles. The van der Waals surface area contributed by atoms with Gasteiger partial charge in [0.05, 0.1) is 6.07 Å². The molecule has 3 rings (SSSR count). The molecule has 1 unspecified atom stereocenters. The first-order valence-corrected chi connectivity index (χ1v) is 8.60. The first kappa shape index (κ1) is 19.9. The fourth-order valence-corrected chi connectivity index (χ4v) is 3.14. The van der Waals surface area contributed by atoms with Crippen molar-refractivity contribution >= 4 is 23.5 Å². The summed E-state index contributed by atoms with van der Waals surface area (Å²) in [6, 6.07) is 11.9. The lowest BCUT2D eigenvalue weighted by Gasteiger charge is -2.24. The number of nitriles is 1. The van der Waals surface area contributed by atoms with Gasteiger partial charge in [0.2, 0.25) is 5.91 Å². The molecule has 0 radical (unpaired) electrons. The Morgan fingerprint density at radius 1 is 1.21 bits per heavy atom. The number of rotatable bonds is 5. The summed E-state index contributed by atoms with van der Waals surface area (Å²) in [6.07, 6.45) is 0. The van der Waals surface area contributed by atoms with E-state index in [0.717, 1.165) is 17.0 Å². The second kappa shape index (κ2) is 7.67. The minimum atomic E-state index is -1.79. The number of amides is 4. The summed E-state index contributed by atoms with van der Waals surface area (Å²) in [5.41, 5.74) is -1.58. The van der Waals surface area contributed by atoms with E-state index in [2.05, 4.69) is 5.32 Å². The van der Waals surface area contributed by atoms with Crippen molar-refractivity contribution in [2.45, 2.75) is 12.5 Å². The van der Waals surface area contributed by atoms with Gasteiger partial charge < -0.3 is 5.32 Å². The van der Waals surface area contributed by atoms with Crippen molar-refractivity contribution < 1.29 is 23.2 Å². The zero-order valence-electron chi connectivity index (χ0n) is 15.4. The van der Waals surface area contributed by atoms with Gasteiger partial charge in [-0.05, 0) is 25.1 Å². The van der Waals surface area contributed by atoms with Gasteiger partial charge in [0.1, 0.15) is 30.3 Å². The molecule has 4 amide bonds. The van der Waals surface area contributed by atoms with Crippen LogP contribution in [-0.2, 0) is 15.1 Å². The smallest absolute Gasteiger partial charge is 0.319 e. The predicted molar refractivity (Wildman–Crippen MR) is 98.4 cm³/mol. The number of anilines is 1. The maximum atomic E-state index is 14.2. The lowest BCUT2D eigenvalue weighted by Crippen LogP contribution is -2.45. The van der Waals surface area contributed by atoms with E-state index >= 15 is 0 Å². The molecule has 1 fully saturated rings. The molecular weight excluding hydrogens is 382 g/mol. The Labute approximate surface area is 165 Å². The Hall–Kier alpha value is -3.80. The fraction of sp³-hybridized carbons (Fsp3) is 0.200. The lowest BCUT2D eigenvalue weighted by atomic mass is 9.91. The van der Waals surface area contributed by atoms with Crippen LogP contribution in [0.25, 0.3) is 0 Å². The molecule has 148 valence electrons. The van der Waals surface area contributed by atoms with Crippen LogP contribution in [0.3, 0.4) is 0 Å². The average molecular weight is 398 g/mol. The molecule has 7 nitrogen and oxygen atoms in total. The van der Waals surface area contributed by atoms with Crippen LogP contribution in [0.4, 0.5) is 19.3 Å². The normalized spacial score (nSPS) is 18.3. The van der Waals surface area contributed by atoms with E-state index < -0.39 is 41.6 Å². The molecule has 2 aromatic carbocycles. The summed E-state index contributed by atoms with van der Waals surface area (Å²) in [5.74, 6) is -3.34. The van der Waals surface area contributed by atoms with Crippen molar-refractivity contribution in [1.82, 2.24) is 10.2 Å². The van der Waals surface area contributed by atoms with E-state index in [4.69, 9.17) is 5.26 Å². The number of benzene rings is 2. The number of halogens is 2. The second-order valence-electron chi connectivity index (χ2n) is 6.54. The number of hydrogen-bond donors (Lipinski definition) is 1. The lowest BCUT2D eigenvalue weighted by molar-refractivity contribution is -0.134. The molecule has 9 heteroatoms. The Morgan fingerprint density at radius 2 is 1.90 bits per heavy atom. The monoisotopic (exact) mass is 398 g/mol. The van der Waals surface area contributed by atoms with Crippen molar-refractivity contribution in [2.24, 2.45) is 0 Å². The topological polar surface area (TPSA) is 93.5 Å². The minimum absolute atomic E-state index is 0.218. The van der Waals surface area contributed by atoms with Gasteiger partial charge in [-0.15, -0.1) is 0 Å². The first-order valence-electron chi connectivity index (χ1n) is 8.60. The van der Waals surface area contributed by atoms with Crippen molar-refractivity contribution in [2.75, 3.05) is 18.0 Å². The van der Waals surface area contributed by atoms with E-state index in [1.807, 2.05) is 6.07 Å².